The minimum Gasteiger partial charge on any atom is -0.462 e. The average Bonchev–Trinajstić information content (AvgIpc) is 3.20. The summed E-state index contributed by atoms with van der Waals surface area (Å²) in [6.45, 7) is 23.7. The standard InChI is InChI=1S/C39H54N2O14.CO2/c1-10-29(42)49-21-38(22-50-30(43)11-2,23-51-31(44)12-3)20-40-19-37(9)18-36(7,8)17-16-28(37)41-35(48)55-27-39(24-52-32(45)13-4,25-53-33(46)14-5)26-54-34(47)15-6;2-1-3/h10-15,28,40H,1-6,16-27H2,7-9H3,(H,41,48);. The van der Waals surface area contributed by atoms with Gasteiger partial charge in [0.1, 0.15) is 51.7 Å². The molecular formula is C40H54N2O16. The highest BCUT2D eigenvalue weighted by molar-refractivity contribution is 5.83. The molecule has 0 saturated heterocycles. The maximum atomic E-state index is 13.5. The van der Waals surface area contributed by atoms with Crippen molar-refractivity contribution in [2.75, 3.05) is 59.3 Å². The summed E-state index contributed by atoms with van der Waals surface area (Å²) in [7, 11) is 0. The predicted molar refractivity (Wildman–Crippen MR) is 204 cm³/mol. The number of ether oxygens (including phenoxy) is 7. The summed E-state index contributed by atoms with van der Waals surface area (Å²) in [6, 6.07) is -0.476. The summed E-state index contributed by atoms with van der Waals surface area (Å²) in [4.78, 5) is 102. The first kappa shape index (κ1) is 51.9. The van der Waals surface area contributed by atoms with E-state index in [0.29, 0.717) is 12.8 Å². The van der Waals surface area contributed by atoms with E-state index in [2.05, 4.69) is 64.0 Å². The highest BCUT2D eigenvalue weighted by atomic mass is 16.6. The molecule has 1 aliphatic rings. The van der Waals surface area contributed by atoms with Crippen molar-refractivity contribution in [1.82, 2.24) is 10.6 Å². The van der Waals surface area contributed by atoms with Gasteiger partial charge in [0.05, 0.1) is 5.41 Å². The molecule has 0 aliphatic heterocycles. The van der Waals surface area contributed by atoms with Gasteiger partial charge in [-0.15, -0.1) is 0 Å². The number of nitrogens with one attached hydrogen (secondary N) is 2. The minimum absolute atomic E-state index is 0.0122. The molecule has 1 aliphatic carbocycles. The fourth-order valence-electron chi connectivity index (χ4n) is 5.86. The van der Waals surface area contributed by atoms with E-state index in [1.165, 1.54) is 0 Å². The number of hydrogen-bond donors (Lipinski definition) is 2. The Labute approximate surface area is 337 Å². The molecule has 1 amide bonds. The zero-order chi connectivity index (χ0) is 44.4. The number of hydrogen-bond acceptors (Lipinski definition) is 17. The van der Waals surface area contributed by atoms with Crippen molar-refractivity contribution in [2.45, 2.75) is 46.1 Å². The number of alkyl carbamates (subject to hydrolysis) is 1. The van der Waals surface area contributed by atoms with Crippen molar-refractivity contribution in [3.63, 3.8) is 0 Å². The van der Waals surface area contributed by atoms with Gasteiger partial charge < -0.3 is 43.8 Å². The molecule has 2 N–H and O–H groups in total. The van der Waals surface area contributed by atoms with Gasteiger partial charge in [-0.3, -0.25) is 0 Å². The Morgan fingerprint density at radius 2 is 0.897 bits per heavy atom. The normalized spacial score (nSPS) is 16.6. The number of rotatable bonds is 25. The second kappa shape index (κ2) is 25.9. The van der Waals surface area contributed by atoms with Gasteiger partial charge in [0.15, 0.2) is 0 Å². The Morgan fingerprint density at radius 1 is 0.586 bits per heavy atom. The first-order valence-corrected chi connectivity index (χ1v) is 17.7. The van der Waals surface area contributed by atoms with Crippen LogP contribution in [0.25, 0.3) is 0 Å². The van der Waals surface area contributed by atoms with Gasteiger partial charge in [0.2, 0.25) is 0 Å². The van der Waals surface area contributed by atoms with Crippen molar-refractivity contribution < 1.29 is 76.3 Å². The van der Waals surface area contributed by atoms with Gasteiger partial charge in [0, 0.05) is 61.0 Å². The van der Waals surface area contributed by atoms with Crippen molar-refractivity contribution in [1.29, 1.82) is 0 Å². The summed E-state index contributed by atoms with van der Waals surface area (Å²) >= 11 is 0. The largest absolute Gasteiger partial charge is 0.462 e. The molecule has 2 atom stereocenters. The molecule has 0 aromatic rings. The first-order chi connectivity index (χ1) is 27.3. The molecule has 320 valence electrons. The Bertz CT molecular complexity index is 1440. The van der Waals surface area contributed by atoms with Crippen molar-refractivity contribution in [3.05, 3.63) is 75.9 Å². The van der Waals surface area contributed by atoms with Crippen LogP contribution in [0.5, 0.6) is 0 Å². The van der Waals surface area contributed by atoms with E-state index in [9.17, 15) is 33.6 Å². The molecule has 0 heterocycles. The van der Waals surface area contributed by atoms with Crippen LogP contribution in [0.15, 0.2) is 75.9 Å². The lowest BCUT2D eigenvalue weighted by Gasteiger charge is -2.49. The van der Waals surface area contributed by atoms with Crippen molar-refractivity contribution >= 4 is 48.1 Å². The zero-order valence-corrected chi connectivity index (χ0v) is 33.3. The summed E-state index contributed by atoms with van der Waals surface area (Å²) in [5.41, 5.74) is -3.59. The summed E-state index contributed by atoms with van der Waals surface area (Å²) in [5, 5.41) is 6.27. The zero-order valence-electron chi connectivity index (χ0n) is 33.3. The van der Waals surface area contributed by atoms with Crippen LogP contribution >= 0.6 is 0 Å². The molecule has 0 aromatic heterocycles. The maximum Gasteiger partial charge on any atom is 0.407 e. The van der Waals surface area contributed by atoms with Crippen LogP contribution < -0.4 is 10.6 Å². The number of carbonyl (C=O) groups is 7. The Balaban J connectivity index is 0.0000105. The van der Waals surface area contributed by atoms with E-state index in [4.69, 9.17) is 42.7 Å². The van der Waals surface area contributed by atoms with Crippen molar-refractivity contribution in [3.8, 4) is 0 Å². The number of esters is 6. The highest BCUT2D eigenvalue weighted by Crippen LogP contribution is 2.46. The van der Waals surface area contributed by atoms with Gasteiger partial charge in [-0.1, -0.05) is 60.2 Å². The van der Waals surface area contributed by atoms with E-state index in [1.54, 1.807) is 0 Å². The molecule has 58 heavy (non-hydrogen) atoms. The second-order valence-electron chi connectivity index (χ2n) is 14.4. The topological polar surface area (TPSA) is 242 Å². The van der Waals surface area contributed by atoms with Crippen molar-refractivity contribution in [2.24, 2.45) is 21.7 Å². The molecule has 0 radical (unpaired) electrons. The van der Waals surface area contributed by atoms with Crippen LogP contribution in [-0.4, -0.2) is 113 Å². The fraction of sp³-hybridized carbons (Fsp3) is 0.500. The average molecular weight is 819 g/mol. The summed E-state index contributed by atoms with van der Waals surface area (Å²) < 4.78 is 37.2. The van der Waals surface area contributed by atoms with Gasteiger partial charge in [-0.25, -0.2) is 33.6 Å². The van der Waals surface area contributed by atoms with E-state index in [1.807, 2.05) is 6.92 Å². The van der Waals surface area contributed by atoms with Gasteiger partial charge >= 0.3 is 48.1 Å². The third-order valence-electron chi connectivity index (χ3n) is 8.79. The molecule has 1 saturated carbocycles. The second-order valence-corrected chi connectivity index (χ2v) is 14.4. The van der Waals surface area contributed by atoms with E-state index < -0.39 is 90.6 Å². The fourth-order valence-corrected chi connectivity index (χ4v) is 5.86. The lowest BCUT2D eigenvalue weighted by molar-refractivity contribution is -0.192. The highest BCUT2D eigenvalue weighted by Gasteiger charge is 2.46. The molecule has 1 rings (SSSR count). The van der Waals surface area contributed by atoms with Gasteiger partial charge in [-0.05, 0) is 24.7 Å². The van der Waals surface area contributed by atoms with Crippen LogP contribution in [0.2, 0.25) is 0 Å². The number of amides is 1. The molecule has 2 unspecified atom stereocenters. The molecule has 18 heteroatoms. The Morgan fingerprint density at radius 3 is 1.22 bits per heavy atom. The van der Waals surface area contributed by atoms with Crippen LogP contribution in [0.1, 0.15) is 40.0 Å². The van der Waals surface area contributed by atoms with E-state index in [0.717, 1.165) is 42.9 Å². The van der Waals surface area contributed by atoms with Crippen LogP contribution in [0, 0.1) is 21.7 Å². The first-order valence-electron chi connectivity index (χ1n) is 17.7. The van der Waals surface area contributed by atoms with Crippen LogP contribution in [0.4, 0.5) is 4.79 Å². The van der Waals surface area contributed by atoms with E-state index in [-0.39, 0.29) is 44.5 Å². The predicted octanol–water partition coefficient (Wildman–Crippen LogP) is 2.65. The quantitative estimate of drug-likeness (QED) is 0.0764. The molecule has 0 aromatic carbocycles. The van der Waals surface area contributed by atoms with E-state index >= 15 is 0 Å². The monoisotopic (exact) mass is 818 g/mol. The summed E-state index contributed by atoms with van der Waals surface area (Å²) in [6.07, 6.45) is 6.88. The smallest absolute Gasteiger partial charge is 0.407 e. The van der Waals surface area contributed by atoms with Gasteiger partial charge in [0.25, 0.3) is 0 Å². The third-order valence-corrected chi connectivity index (χ3v) is 8.79. The SMILES string of the molecule is C=CC(=O)OCC(CNCC1(C)CC(C)(C)CCC1NC(=O)OCC(COC(=O)C=C)(COC(=O)C=C)COC(=O)C=C)(COC(=O)C=C)COC(=O)C=C.O=C=O. The minimum atomic E-state index is -1.53. The van der Waals surface area contributed by atoms with Gasteiger partial charge in [-0.2, -0.15) is 9.59 Å². The number of carbonyl (C=O) groups excluding carboxylic acids is 9. The molecule has 18 nitrogen and oxygen atoms in total. The molecular weight excluding hydrogens is 764 g/mol. The maximum absolute atomic E-state index is 13.5. The van der Waals surface area contributed by atoms with Crippen LogP contribution in [0.3, 0.4) is 0 Å². The third kappa shape index (κ3) is 19.6. The lowest BCUT2D eigenvalue weighted by Crippen LogP contribution is -2.57. The Hall–Kier alpha value is -6.13. The Kier molecular flexibility index (Phi) is 23.2. The molecule has 0 bridgehead atoms. The summed E-state index contributed by atoms with van der Waals surface area (Å²) in [5.74, 6) is -4.73. The molecule has 1 fully saturated rings. The molecule has 0 spiro atoms. The lowest BCUT2D eigenvalue weighted by atomic mass is 9.61. The van der Waals surface area contributed by atoms with Crippen LogP contribution in [-0.2, 0) is 71.5 Å².